The fourth-order valence-electron chi connectivity index (χ4n) is 2.17. The van der Waals surface area contributed by atoms with E-state index in [1.165, 1.54) is 12.8 Å². The Morgan fingerprint density at radius 1 is 1.12 bits per heavy atom. The Bertz CT molecular complexity index is 399. The first kappa shape index (κ1) is 22.1. The molecule has 0 aromatic rings. The lowest BCUT2D eigenvalue weighted by Crippen LogP contribution is -2.36. The molecule has 0 aliphatic carbocycles. The summed E-state index contributed by atoms with van der Waals surface area (Å²) in [5, 5.41) is 9.61. The molecule has 0 saturated heterocycles. The summed E-state index contributed by atoms with van der Waals surface area (Å²) in [6, 6.07) is -0.826. The number of hydrogen-bond donors (Lipinski definition) is 4. The maximum atomic E-state index is 11.7. The molecule has 0 radical (unpaired) electrons. The van der Waals surface area contributed by atoms with Crippen LogP contribution in [0.5, 0.6) is 0 Å². The third kappa shape index (κ3) is 13.8. The zero-order chi connectivity index (χ0) is 18.2. The van der Waals surface area contributed by atoms with E-state index in [4.69, 9.17) is 21.6 Å². The van der Waals surface area contributed by atoms with E-state index >= 15 is 0 Å². The molecule has 0 aromatic carbocycles. The Morgan fingerprint density at radius 3 is 2.38 bits per heavy atom. The van der Waals surface area contributed by atoms with Crippen LogP contribution in [0.15, 0.2) is 12.7 Å². The molecule has 0 aliphatic heterocycles. The standard InChI is InChI=1S/C17H32N4O3/c1-2-3-4-5-6-7-8-9-12-15(22)24-16(23)14(18)11-10-13-21-17(19)20/h2,14H,1,3-13,18H2,(H4,19,20,21)/t14-/m0/s1. The predicted molar refractivity (Wildman–Crippen MR) is 95.4 cm³/mol. The fraction of sp³-hybridized carbons (Fsp3) is 0.706. The van der Waals surface area contributed by atoms with Crippen molar-refractivity contribution < 1.29 is 14.3 Å². The van der Waals surface area contributed by atoms with E-state index in [-0.39, 0.29) is 12.4 Å². The first-order valence-corrected chi connectivity index (χ1v) is 8.66. The minimum atomic E-state index is -0.826. The molecule has 0 fully saturated rings. The van der Waals surface area contributed by atoms with Crippen molar-refractivity contribution in [2.45, 2.75) is 70.3 Å². The first-order valence-electron chi connectivity index (χ1n) is 8.66. The molecule has 0 saturated carbocycles. The minimum Gasteiger partial charge on any atom is -0.392 e. The number of guanidine groups is 1. The first-order chi connectivity index (χ1) is 11.5. The van der Waals surface area contributed by atoms with Crippen LogP contribution in [0.25, 0.3) is 0 Å². The number of carbonyl (C=O) groups excluding carboxylic acids is 2. The van der Waals surface area contributed by atoms with Crippen LogP contribution in [0.1, 0.15) is 64.2 Å². The van der Waals surface area contributed by atoms with Crippen molar-refractivity contribution in [2.24, 2.45) is 11.5 Å². The lowest BCUT2D eigenvalue weighted by Gasteiger charge is -2.10. The Morgan fingerprint density at radius 2 is 1.75 bits per heavy atom. The Balaban J connectivity index is 3.61. The highest BCUT2D eigenvalue weighted by Gasteiger charge is 2.18. The minimum absolute atomic E-state index is 0.123. The van der Waals surface area contributed by atoms with E-state index in [9.17, 15) is 9.59 Å². The van der Waals surface area contributed by atoms with Gasteiger partial charge in [-0.1, -0.05) is 31.8 Å². The third-order valence-corrected chi connectivity index (χ3v) is 3.56. The van der Waals surface area contributed by atoms with Crippen LogP contribution in [0.4, 0.5) is 0 Å². The molecule has 0 aromatic heterocycles. The van der Waals surface area contributed by atoms with Crippen LogP contribution in [0.3, 0.4) is 0 Å². The van der Waals surface area contributed by atoms with Gasteiger partial charge in [-0.3, -0.25) is 10.2 Å². The molecular weight excluding hydrogens is 308 g/mol. The third-order valence-electron chi connectivity index (χ3n) is 3.56. The fourth-order valence-corrected chi connectivity index (χ4v) is 2.17. The Hall–Kier alpha value is -1.89. The number of unbranched alkanes of at least 4 members (excludes halogenated alkanes) is 6. The van der Waals surface area contributed by atoms with Gasteiger partial charge in [0.2, 0.25) is 0 Å². The maximum Gasteiger partial charge on any atom is 0.330 e. The molecule has 0 aliphatic rings. The van der Waals surface area contributed by atoms with Crippen LogP contribution < -0.4 is 16.8 Å². The zero-order valence-corrected chi connectivity index (χ0v) is 14.5. The summed E-state index contributed by atoms with van der Waals surface area (Å²) in [7, 11) is 0. The summed E-state index contributed by atoms with van der Waals surface area (Å²) < 4.78 is 4.75. The smallest absolute Gasteiger partial charge is 0.330 e. The number of nitrogens with one attached hydrogen (secondary N) is 2. The van der Waals surface area contributed by atoms with Gasteiger partial charge in [-0.15, -0.1) is 6.58 Å². The Labute approximate surface area is 144 Å². The van der Waals surface area contributed by atoms with E-state index in [2.05, 4.69) is 11.9 Å². The highest BCUT2D eigenvalue weighted by Crippen LogP contribution is 2.09. The highest BCUT2D eigenvalue weighted by molar-refractivity contribution is 5.88. The van der Waals surface area contributed by atoms with Gasteiger partial charge >= 0.3 is 11.9 Å². The second kappa shape index (κ2) is 14.7. The van der Waals surface area contributed by atoms with Crippen molar-refractivity contribution in [3.05, 3.63) is 12.7 Å². The van der Waals surface area contributed by atoms with Crippen LogP contribution >= 0.6 is 0 Å². The van der Waals surface area contributed by atoms with Crippen LogP contribution in [-0.4, -0.2) is 30.5 Å². The summed E-state index contributed by atoms with van der Waals surface area (Å²) >= 11 is 0. The summed E-state index contributed by atoms with van der Waals surface area (Å²) in [6.07, 6.45) is 10.4. The van der Waals surface area contributed by atoms with E-state index in [0.29, 0.717) is 19.4 Å². The van der Waals surface area contributed by atoms with Crippen molar-refractivity contribution in [2.75, 3.05) is 6.54 Å². The summed E-state index contributed by atoms with van der Waals surface area (Å²) in [5.74, 6) is -1.32. The SMILES string of the molecule is C=CCCCCCCCCC(=O)OC(=O)[C@@H](N)CCCNC(=N)N. The van der Waals surface area contributed by atoms with Gasteiger partial charge in [-0.25, -0.2) is 4.79 Å². The van der Waals surface area contributed by atoms with Gasteiger partial charge in [-0.05, 0) is 32.1 Å². The van der Waals surface area contributed by atoms with Crippen LogP contribution in [-0.2, 0) is 14.3 Å². The molecule has 0 amide bonds. The van der Waals surface area contributed by atoms with Crippen molar-refractivity contribution in [3.8, 4) is 0 Å². The van der Waals surface area contributed by atoms with Gasteiger partial charge in [0.25, 0.3) is 0 Å². The number of hydrogen-bond acceptors (Lipinski definition) is 5. The van der Waals surface area contributed by atoms with Gasteiger partial charge < -0.3 is 21.5 Å². The molecule has 0 heterocycles. The van der Waals surface area contributed by atoms with Crippen molar-refractivity contribution in [1.29, 1.82) is 5.41 Å². The number of rotatable bonds is 14. The van der Waals surface area contributed by atoms with Gasteiger partial charge in [0, 0.05) is 13.0 Å². The lowest BCUT2D eigenvalue weighted by atomic mass is 10.1. The second-order valence-corrected chi connectivity index (χ2v) is 5.83. The quantitative estimate of drug-likeness (QED) is 0.0954. The molecule has 0 bridgehead atoms. The van der Waals surface area contributed by atoms with Crippen LogP contribution in [0.2, 0.25) is 0 Å². The van der Waals surface area contributed by atoms with Gasteiger partial charge in [-0.2, -0.15) is 0 Å². The predicted octanol–water partition coefficient (Wildman–Crippen LogP) is 1.95. The zero-order valence-electron chi connectivity index (χ0n) is 14.5. The molecule has 1 atom stereocenters. The van der Waals surface area contributed by atoms with Crippen molar-refractivity contribution in [1.82, 2.24) is 5.32 Å². The van der Waals surface area contributed by atoms with Gasteiger partial charge in [0.15, 0.2) is 5.96 Å². The monoisotopic (exact) mass is 340 g/mol. The normalized spacial score (nSPS) is 11.5. The lowest BCUT2D eigenvalue weighted by molar-refractivity contribution is -0.160. The molecular formula is C17H32N4O3. The van der Waals surface area contributed by atoms with E-state index in [1.54, 1.807) is 0 Å². The highest BCUT2D eigenvalue weighted by atomic mass is 16.6. The molecule has 6 N–H and O–H groups in total. The molecule has 0 spiro atoms. The van der Waals surface area contributed by atoms with Crippen molar-refractivity contribution in [3.63, 3.8) is 0 Å². The summed E-state index contributed by atoms with van der Waals surface area (Å²) in [5.41, 5.74) is 10.8. The maximum absolute atomic E-state index is 11.7. The molecule has 138 valence electrons. The molecule has 24 heavy (non-hydrogen) atoms. The van der Waals surface area contributed by atoms with Crippen LogP contribution in [0, 0.1) is 5.41 Å². The number of carbonyl (C=O) groups is 2. The Kier molecular flexibility index (Phi) is 13.5. The number of nitrogens with two attached hydrogens (primary N) is 2. The molecule has 0 rings (SSSR count). The second-order valence-electron chi connectivity index (χ2n) is 5.83. The number of esters is 2. The van der Waals surface area contributed by atoms with Gasteiger partial charge in [0.1, 0.15) is 6.04 Å². The average molecular weight is 340 g/mol. The van der Waals surface area contributed by atoms with E-state index in [0.717, 1.165) is 32.1 Å². The molecule has 7 nitrogen and oxygen atoms in total. The largest absolute Gasteiger partial charge is 0.392 e. The molecule has 7 heteroatoms. The number of allylic oxidation sites excluding steroid dienone is 1. The van der Waals surface area contributed by atoms with E-state index < -0.39 is 18.0 Å². The van der Waals surface area contributed by atoms with E-state index in [1.807, 2.05) is 6.08 Å². The van der Waals surface area contributed by atoms with Gasteiger partial charge in [0.05, 0.1) is 0 Å². The topological polar surface area (TPSA) is 131 Å². The average Bonchev–Trinajstić information content (AvgIpc) is 2.53. The summed E-state index contributed by atoms with van der Waals surface area (Å²) in [6.45, 7) is 4.14. The molecule has 0 unspecified atom stereocenters. The summed E-state index contributed by atoms with van der Waals surface area (Å²) in [4.78, 5) is 23.2. The number of ether oxygens (including phenoxy) is 1. The van der Waals surface area contributed by atoms with Crippen molar-refractivity contribution >= 4 is 17.9 Å².